The Kier molecular flexibility index (Phi) is 8.57. The first-order valence-electron chi connectivity index (χ1n) is 7.97. The first-order valence-corrected chi connectivity index (χ1v) is 9.12. The van der Waals surface area contributed by atoms with Crippen LogP contribution >= 0.6 is 24.2 Å². The first-order chi connectivity index (χ1) is 10.1. The summed E-state index contributed by atoms with van der Waals surface area (Å²) in [4.78, 5) is 28.1. The van der Waals surface area contributed by atoms with Crippen molar-refractivity contribution in [3.63, 3.8) is 0 Å². The minimum absolute atomic E-state index is 0. The van der Waals surface area contributed by atoms with Gasteiger partial charge < -0.3 is 15.5 Å². The fourth-order valence-corrected chi connectivity index (χ4v) is 4.00. The van der Waals surface area contributed by atoms with E-state index < -0.39 is 0 Å². The van der Waals surface area contributed by atoms with Crippen LogP contribution in [0.15, 0.2) is 0 Å². The molecule has 2 N–H and O–H groups in total. The Balaban J connectivity index is 0.00000242. The summed E-state index contributed by atoms with van der Waals surface area (Å²) in [6.45, 7) is 5.27. The quantitative estimate of drug-likeness (QED) is 0.813. The number of rotatable bonds is 5. The van der Waals surface area contributed by atoms with Gasteiger partial charge in [0, 0.05) is 25.7 Å². The summed E-state index contributed by atoms with van der Waals surface area (Å²) >= 11 is 1.45. The van der Waals surface area contributed by atoms with E-state index in [4.69, 9.17) is 5.73 Å². The number of carbonyl (C=O) groups is 2. The van der Waals surface area contributed by atoms with Crippen LogP contribution in [-0.2, 0) is 9.59 Å². The van der Waals surface area contributed by atoms with Crippen molar-refractivity contribution in [1.29, 1.82) is 0 Å². The van der Waals surface area contributed by atoms with Crippen molar-refractivity contribution in [2.75, 3.05) is 37.7 Å². The predicted molar refractivity (Wildman–Crippen MR) is 93.3 cm³/mol. The van der Waals surface area contributed by atoms with Crippen molar-refractivity contribution in [2.45, 2.75) is 38.6 Å². The Morgan fingerprint density at radius 2 is 1.77 bits per heavy atom. The summed E-state index contributed by atoms with van der Waals surface area (Å²) in [6.07, 6.45) is 4.45. The number of piperidine rings is 1. The standard InChI is InChI=1S/C15H27N3O2S.ClH/c1-12-7-13(8-16)9-18(12)15(20)11-21-10-14(19)17-5-3-2-4-6-17;/h12-13H,2-11,16H2,1H3;1H. The molecule has 5 nitrogen and oxygen atoms in total. The van der Waals surface area contributed by atoms with Gasteiger partial charge in [0.15, 0.2) is 0 Å². The molecule has 2 amide bonds. The molecule has 2 aliphatic rings. The Hall–Kier alpha value is -0.460. The van der Waals surface area contributed by atoms with Gasteiger partial charge in [0.2, 0.25) is 11.8 Å². The van der Waals surface area contributed by atoms with Crippen LogP contribution in [0.1, 0.15) is 32.6 Å². The van der Waals surface area contributed by atoms with Gasteiger partial charge in [-0.3, -0.25) is 9.59 Å². The van der Waals surface area contributed by atoms with E-state index >= 15 is 0 Å². The van der Waals surface area contributed by atoms with Crippen molar-refractivity contribution in [3.8, 4) is 0 Å². The highest BCUT2D eigenvalue weighted by molar-refractivity contribution is 8.00. The average molecular weight is 350 g/mol. The molecule has 0 aromatic rings. The summed E-state index contributed by atoms with van der Waals surface area (Å²) in [5.74, 6) is 1.59. The van der Waals surface area contributed by atoms with Crippen LogP contribution in [0, 0.1) is 5.92 Å². The lowest BCUT2D eigenvalue weighted by Gasteiger charge is -2.26. The van der Waals surface area contributed by atoms with Gasteiger partial charge in [-0.05, 0) is 45.1 Å². The molecule has 2 fully saturated rings. The topological polar surface area (TPSA) is 66.6 Å². The molecule has 0 spiro atoms. The lowest BCUT2D eigenvalue weighted by atomic mass is 10.1. The molecule has 2 aliphatic heterocycles. The zero-order valence-electron chi connectivity index (χ0n) is 13.3. The molecule has 2 atom stereocenters. The molecule has 2 unspecified atom stereocenters. The number of halogens is 1. The summed E-state index contributed by atoms with van der Waals surface area (Å²) < 4.78 is 0. The molecule has 0 radical (unpaired) electrons. The van der Waals surface area contributed by atoms with Gasteiger partial charge >= 0.3 is 0 Å². The lowest BCUT2D eigenvalue weighted by Crippen LogP contribution is -2.38. The van der Waals surface area contributed by atoms with E-state index in [1.807, 2.05) is 9.80 Å². The molecular formula is C15H28ClN3O2S. The van der Waals surface area contributed by atoms with Crippen LogP contribution in [0.25, 0.3) is 0 Å². The van der Waals surface area contributed by atoms with E-state index in [9.17, 15) is 9.59 Å². The zero-order valence-corrected chi connectivity index (χ0v) is 15.0. The highest BCUT2D eigenvalue weighted by Gasteiger charge is 2.31. The minimum Gasteiger partial charge on any atom is -0.342 e. The lowest BCUT2D eigenvalue weighted by molar-refractivity contribution is -0.129. The number of nitrogens with zero attached hydrogens (tertiary/aromatic N) is 2. The third kappa shape index (κ3) is 5.32. The molecule has 2 rings (SSSR count). The van der Waals surface area contributed by atoms with E-state index in [0.29, 0.717) is 24.0 Å². The third-order valence-corrected chi connectivity index (χ3v) is 5.38. The smallest absolute Gasteiger partial charge is 0.232 e. The fourth-order valence-electron chi connectivity index (χ4n) is 3.20. The fraction of sp³-hybridized carbons (Fsp3) is 0.867. The Morgan fingerprint density at radius 1 is 1.14 bits per heavy atom. The number of likely N-dealkylation sites (tertiary alicyclic amines) is 2. The monoisotopic (exact) mass is 349 g/mol. The van der Waals surface area contributed by atoms with Crippen LogP contribution in [0.4, 0.5) is 0 Å². The third-order valence-electron chi connectivity index (χ3n) is 4.47. The van der Waals surface area contributed by atoms with E-state index in [0.717, 1.165) is 38.9 Å². The molecule has 0 saturated carbocycles. The molecule has 0 aromatic carbocycles. The summed E-state index contributed by atoms with van der Waals surface area (Å²) in [6, 6.07) is 0.282. The second-order valence-corrected chi connectivity index (χ2v) is 7.15. The first kappa shape index (κ1) is 19.6. The van der Waals surface area contributed by atoms with E-state index in [1.165, 1.54) is 18.2 Å². The van der Waals surface area contributed by atoms with Crippen molar-refractivity contribution < 1.29 is 9.59 Å². The Bertz CT molecular complexity index is 378. The maximum absolute atomic E-state index is 12.2. The number of nitrogens with two attached hydrogens (primary N) is 1. The van der Waals surface area contributed by atoms with Crippen LogP contribution in [-0.4, -0.2) is 65.3 Å². The number of carbonyl (C=O) groups excluding carboxylic acids is 2. The summed E-state index contributed by atoms with van der Waals surface area (Å²) in [5.41, 5.74) is 5.69. The van der Waals surface area contributed by atoms with Crippen molar-refractivity contribution in [3.05, 3.63) is 0 Å². The molecule has 22 heavy (non-hydrogen) atoms. The van der Waals surface area contributed by atoms with Gasteiger partial charge in [-0.2, -0.15) is 0 Å². The van der Waals surface area contributed by atoms with Crippen LogP contribution in [0.3, 0.4) is 0 Å². The van der Waals surface area contributed by atoms with Gasteiger partial charge in [0.1, 0.15) is 0 Å². The van der Waals surface area contributed by atoms with E-state index in [1.54, 1.807) is 0 Å². The summed E-state index contributed by atoms with van der Waals surface area (Å²) in [7, 11) is 0. The molecule has 128 valence electrons. The number of amides is 2. The van der Waals surface area contributed by atoms with Gasteiger partial charge in [0.05, 0.1) is 11.5 Å². The second-order valence-electron chi connectivity index (χ2n) is 6.17. The maximum Gasteiger partial charge on any atom is 0.232 e. The van der Waals surface area contributed by atoms with Gasteiger partial charge in [0.25, 0.3) is 0 Å². The minimum atomic E-state index is 0. The van der Waals surface area contributed by atoms with E-state index in [2.05, 4.69) is 6.92 Å². The highest BCUT2D eigenvalue weighted by Crippen LogP contribution is 2.23. The number of hydrogen-bond acceptors (Lipinski definition) is 4. The van der Waals surface area contributed by atoms with Crippen LogP contribution < -0.4 is 5.73 Å². The Morgan fingerprint density at radius 3 is 2.36 bits per heavy atom. The van der Waals surface area contributed by atoms with Gasteiger partial charge in [-0.1, -0.05) is 0 Å². The van der Waals surface area contributed by atoms with Crippen LogP contribution in [0.2, 0.25) is 0 Å². The predicted octanol–water partition coefficient (Wildman–Crippen LogP) is 1.35. The maximum atomic E-state index is 12.2. The Labute approximate surface area is 143 Å². The molecule has 0 bridgehead atoms. The largest absolute Gasteiger partial charge is 0.342 e. The molecule has 2 saturated heterocycles. The molecule has 2 heterocycles. The average Bonchev–Trinajstić information content (AvgIpc) is 2.89. The number of thioether (sulfide) groups is 1. The second kappa shape index (κ2) is 9.63. The van der Waals surface area contributed by atoms with Crippen molar-refractivity contribution in [1.82, 2.24) is 9.80 Å². The van der Waals surface area contributed by atoms with Crippen LogP contribution in [0.5, 0.6) is 0 Å². The highest BCUT2D eigenvalue weighted by atomic mass is 35.5. The van der Waals surface area contributed by atoms with Crippen molar-refractivity contribution in [2.24, 2.45) is 11.7 Å². The molecule has 7 heteroatoms. The van der Waals surface area contributed by atoms with Gasteiger partial charge in [-0.15, -0.1) is 24.2 Å². The zero-order chi connectivity index (χ0) is 15.2. The molecule has 0 aromatic heterocycles. The molecular weight excluding hydrogens is 322 g/mol. The van der Waals surface area contributed by atoms with Gasteiger partial charge in [-0.25, -0.2) is 0 Å². The summed E-state index contributed by atoms with van der Waals surface area (Å²) in [5, 5.41) is 0. The number of hydrogen-bond donors (Lipinski definition) is 1. The van der Waals surface area contributed by atoms with E-state index in [-0.39, 0.29) is 30.3 Å². The normalized spacial score (nSPS) is 25.0. The van der Waals surface area contributed by atoms with Crippen molar-refractivity contribution >= 4 is 36.0 Å². The SMILES string of the molecule is CC1CC(CN)CN1C(=O)CSCC(=O)N1CCCCC1.Cl. The molecule has 0 aliphatic carbocycles.